The number of hydrogen-bond donors (Lipinski definition) is 3. The fraction of sp³-hybridized carbons (Fsp3) is 0.600. The summed E-state index contributed by atoms with van der Waals surface area (Å²) in [4.78, 5) is 25.2. The van der Waals surface area contributed by atoms with E-state index in [-0.39, 0.29) is 17.9 Å². The van der Waals surface area contributed by atoms with E-state index in [0.29, 0.717) is 25.0 Å². The van der Waals surface area contributed by atoms with Crippen LogP contribution in [0.15, 0.2) is 24.3 Å². The van der Waals surface area contributed by atoms with E-state index in [0.717, 1.165) is 29.7 Å². The van der Waals surface area contributed by atoms with Gasteiger partial charge in [-0.1, -0.05) is 45.0 Å². The molecule has 2 rings (SSSR count). The molecule has 0 spiro atoms. The molecule has 1 aliphatic rings. The lowest BCUT2D eigenvalue weighted by Crippen LogP contribution is -3.11. The Bertz CT molecular complexity index is 579. The highest BCUT2D eigenvalue weighted by molar-refractivity contribution is 5.79. The summed E-state index contributed by atoms with van der Waals surface area (Å²) in [5.74, 6) is 0.313. The monoisotopic (exact) mass is 346 g/mol. The topological polar surface area (TPSA) is 62.6 Å². The number of likely N-dealkylation sites (N-methyl/N-ethyl adjacent to an activating group) is 1. The van der Waals surface area contributed by atoms with Crippen molar-refractivity contribution in [3.8, 4) is 0 Å². The summed E-state index contributed by atoms with van der Waals surface area (Å²) >= 11 is 0. The molecule has 5 nitrogen and oxygen atoms in total. The first-order valence-electron chi connectivity index (χ1n) is 9.38. The van der Waals surface area contributed by atoms with Crippen molar-refractivity contribution in [1.29, 1.82) is 0 Å². The van der Waals surface area contributed by atoms with Gasteiger partial charge in [-0.25, -0.2) is 0 Å². The highest BCUT2D eigenvalue weighted by Gasteiger charge is 2.25. The minimum Gasteiger partial charge on any atom is -0.348 e. The number of carbonyl (C=O) groups excluding carboxylic acids is 2. The van der Waals surface area contributed by atoms with Gasteiger partial charge in [-0.2, -0.15) is 0 Å². The molecule has 1 unspecified atom stereocenters. The summed E-state index contributed by atoms with van der Waals surface area (Å²) in [6.45, 7) is 6.99. The van der Waals surface area contributed by atoms with Gasteiger partial charge in [0, 0.05) is 6.04 Å². The smallest absolute Gasteiger partial charge is 0.275 e. The maximum absolute atomic E-state index is 12.4. The molecule has 1 aromatic carbocycles. The third kappa shape index (κ3) is 6.50. The van der Waals surface area contributed by atoms with Crippen molar-refractivity contribution in [2.75, 3.05) is 20.1 Å². The van der Waals surface area contributed by atoms with Gasteiger partial charge in [-0.15, -0.1) is 0 Å². The van der Waals surface area contributed by atoms with Crippen molar-refractivity contribution in [3.05, 3.63) is 35.4 Å². The summed E-state index contributed by atoms with van der Waals surface area (Å²) in [6, 6.07) is 8.80. The summed E-state index contributed by atoms with van der Waals surface area (Å²) < 4.78 is 0. The molecule has 1 aliphatic carbocycles. The first-order valence-corrected chi connectivity index (χ1v) is 9.38. The third-order valence-corrected chi connectivity index (χ3v) is 4.60. The van der Waals surface area contributed by atoms with E-state index in [1.165, 1.54) is 5.56 Å². The van der Waals surface area contributed by atoms with Crippen molar-refractivity contribution in [2.24, 2.45) is 5.92 Å². The average molecular weight is 346 g/mol. The normalized spacial score (nSPS) is 16.4. The number of rotatable bonds is 9. The minimum atomic E-state index is -0.0185. The first-order chi connectivity index (χ1) is 11.9. The molecule has 1 aromatic rings. The van der Waals surface area contributed by atoms with Crippen LogP contribution >= 0.6 is 0 Å². The second kappa shape index (κ2) is 8.99. The lowest BCUT2D eigenvalue weighted by Gasteiger charge is -2.24. The standard InChI is InChI=1S/C20H31N3O2/c1-5-15-6-8-16(9-7-15)20(14(2)3)22-19(25)13-23(4)12-18(24)21-17-10-11-17/h6-9,14,17,20H,5,10-13H2,1-4H3,(H,21,24)(H,22,25)/p+1/t20-/m0/s1. The van der Waals surface area contributed by atoms with Crippen LogP contribution in [0, 0.1) is 5.92 Å². The molecular weight excluding hydrogens is 314 g/mol. The van der Waals surface area contributed by atoms with E-state index in [1.54, 1.807) is 0 Å². The van der Waals surface area contributed by atoms with Gasteiger partial charge in [-0.05, 0) is 36.3 Å². The van der Waals surface area contributed by atoms with Crippen molar-refractivity contribution in [3.63, 3.8) is 0 Å². The molecule has 0 saturated heterocycles. The van der Waals surface area contributed by atoms with Crippen LogP contribution in [0.4, 0.5) is 0 Å². The van der Waals surface area contributed by atoms with Crippen LogP contribution in [0.1, 0.15) is 50.8 Å². The highest BCUT2D eigenvalue weighted by atomic mass is 16.2. The van der Waals surface area contributed by atoms with Crippen molar-refractivity contribution in [1.82, 2.24) is 10.6 Å². The molecule has 0 bridgehead atoms. The number of carbonyl (C=O) groups is 2. The van der Waals surface area contributed by atoms with Crippen molar-refractivity contribution < 1.29 is 14.5 Å². The van der Waals surface area contributed by atoms with Crippen LogP contribution in [0.3, 0.4) is 0 Å². The van der Waals surface area contributed by atoms with E-state index in [2.05, 4.69) is 55.7 Å². The van der Waals surface area contributed by atoms with E-state index in [4.69, 9.17) is 0 Å². The fourth-order valence-corrected chi connectivity index (χ4v) is 2.94. The fourth-order valence-electron chi connectivity index (χ4n) is 2.94. The van der Waals surface area contributed by atoms with E-state index < -0.39 is 0 Å². The number of aryl methyl sites for hydroxylation is 1. The van der Waals surface area contributed by atoms with Crippen molar-refractivity contribution >= 4 is 11.8 Å². The highest BCUT2D eigenvalue weighted by Crippen LogP contribution is 2.22. The number of quaternary nitrogens is 1. The molecule has 5 heteroatoms. The van der Waals surface area contributed by atoms with Crippen LogP contribution in [-0.2, 0) is 16.0 Å². The van der Waals surface area contributed by atoms with Crippen LogP contribution in [-0.4, -0.2) is 38.0 Å². The Morgan fingerprint density at radius 2 is 1.72 bits per heavy atom. The zero-order valence-electron chi connectivity index (χ0n) is 15.9. The molecule has 1 fully saturated rings. The Kier molecular flexibility index (Phi) is 7.00. The maximum atomic E-state index is 12.4. The van der Waals surface area contributed by atoms with Gasteiger partial charge >= 0.3 is 0 Å². The quantitative estimate of drug-likeness (QED) is 0.621. The molecule has 2 amide bonds. The Labute approximate surface area is 151 Å². The number of nitrogens with one attached hydrogen (secondary N) is 3. The molecule has 3 N–H and O–H groups in total. The second-order valence-corrected chi connectivity index (χ2v) is 7.54. The van der Waals surface area contributed by atoms with E-state index >= 15 is 0 Å². The lowest BCUT2D eigenvalue weighted by molar-refractivity contribution is -0.862. The molecule has 0 radical (unpaired) electrons. The Balaban J connectivity index is 1.86. The zero-order chi connectivity index (χ0) is 18.4. The Morgan fingerprint density at radius 1 is 1.12 bits per heavy atom. The van der Waals surface area contributed by atoms with E-state index in [1.807, 2.05) is 7.05 Å². The first kappa shape index (κ1) is 19.4. The predicted molar refractivity (Wildman–Crippen MR) is 99.3 cm³/mol. The number of amides is 2. The third-order valence-electron chi connectivity index (χ3n) is 4.60. The Hall–Kier alpha value is -1.88. The number of hydrogen-bond acceptors (Lipinski definition) is 2. The molecule has 138 valence electrons. The molecule has 2 atom stereocenters. The summed E-state index contributed by atoms with van der Waals surface area (Å²) in [6.07, 6.45) is 3.17. The number of benzene rings is 1. The average Bonchev–Trinajstić information content (AvgIpc) is 3.36. The van der Waals surface area contributed by atoms with Gasteiger partial charge in [0.2, 0.25) is 0 Å². The largest absolute Gasteiger partial charge is 0.348 e. The van der Waals surface area contributed by atoms with Gasteiger partial charge in [0.15, 0.2) is 13.1 Å². The van der Waals surface area contributed by atoms with Crippen LogP contribution in [0.25, 0.3) is 0 Å². The van der Waals surface area contributed by atoms with Gasteiger partial charge in [-0.3, -0.25) is 9.59 Å². The molecule has 1 saturated carbocycles. The van der Waals surface area contributed by atoms with E-state index in [9.17, 15) is 9.59 Å². The van der Waals surface area contributed by atoms with Crippen molar-refractivity contribution in [2.45, 2.75) is 52.1 Å². The summed E-state index contributed by atoms with van der Waals surface area (Å²) in [7, 11) is 1.88. The molecule has 25 heavy (non-hydrogen) atoms. The minimum absolute atomic E-state index is 0.00787. The molecule has 0 heterocycles. The SMILES string of the molecule is CCc1ccc([C@@H](NC(=O)C[NH+](C)CC(=O)NC2CC2)C(C)C)cc1. The molecular formula is C20H32N3O2+. The van der Waals surface area contributed by atoms with Gasteiger partial charge in [0.25, 0.3) is 11.8 Å². The predicted octanol–water partition coefficient (Wildman–Crippen LogP) is 0.856. The van der Waals surface area contributed by atoms with Gasteiger partial charge in [0.05, 0.1) is 13.1 Å². The lowest BCUT2D eigenvalue weighted by atomic mass is 9.95. The zero-order valence-corrected chi connectivity index (χ0v) is 15.9. The Morgan fingerprint density at radius 3 is 2.24 bits per heavy atom. The maximum Gasteiger partial charge on any atom is 0.275 e. The van der Waals surface area contributed by atoms with Gasteiger partial charge in [0.1, 0.15) is 0 Å². The van der Waals surface area contributed by atoms with Gasteiger partial charge < -0.3 is 15.5 Å². The van der Waals surface area contributed by atoms with Crippen LogP contribution < -0.4 is 15.5 Å². The van der Waals surface area contributed by atoms with Crippen LogP contribution in [0.5, 0.6) is 0 Å². The summed E-state index contributed by atoms with van der Waals surface area (Å²) in [5, 5.41) is 6.10. The summed E-state index contributed by atoms with van der Waals surface area (Å²) in [5.41, 5.74) is 2.42. The molecule has 0 aromatic heterocycles. The molecule has 0 aliphatic heterocycles. The second-order valence-electron chi connectivity index (χ2n) is 7.54. The van der Waals surface area contributed by atoms with Crippen LogP contribution in [0.2, 0.25) is 0 Å².